The topological polar surface area (TPSA) is 64.9 Å². The number of nitrogens with two attached hydrogens (primary N) is 1. The first-order chi connectivity index (χ1) is 7.77. The summed E-state index contributed by atoms with van der Waals surface area (Å²) in [5, 5.41) is 3.92. The maximum Gasteiger partial charge on any atom is 0.243 e. The number of thioether (sulfide) groups is 2. The van der Waals surface area contributed by atoms with Crippen LogP contribution in [0.25, 0.3) is 0 Å². The molecule has 0 radical (unpaired) electrons. The first kappa shape index (κ1) is 13.9. The molecular weight excluding hydrogens is 242 g/mol. The summed E-state index contributed by atoms with van der Waals surface area (Å²) in [6.45, 7) is 2.16. The van der Waals surface area contributed by atoms with Gasteiger partial charge in [0.25, 0.3) is 0 Å². The SMILES string of the molecule is CCCSCc1noc([C@H](N)CCSC)n1. The van der Waals surface area contributed by atoms with Crippen LogP contribution in [0.5, 0.6) is 0 Å². The zero-order valence-electron chi connectivity index (χ0n) is 9.81. The Kier molecular flexibility index (Phi) is 6.91. The Bertz CT molecular complexity index is 293. The number of nitrogens with zero attached hydrogens (tertiary/aromatic N) is 2. The summed E-state index contributed by atoms with van der Waals surface area (Å²) in [6.07, 6.45) is 4.11. The van der Waals surface area contributed by atoms with Gasteiger partial charge < -0.3 is 10.3 Å². The van der Waals surface area contributed by atoms with E-state index < -0.39 is 0 Å². The average Bonchev–Trinajstić information content (AvgIpc) is 2.75. The highest BCUT2D eigenvalue weighted by Gasteiger charge is 2.13. The Hall–Kier alpha value is -0.200. The Morgan fingerprint density at radius 3 is 2.94 bits per heavy atom. The van der Waals surface area contributed by atoms with Crippen LogP contribution in [-0.4, -0.2) is 27.9 Å². The summed E-state index contributed by atoms with van der Waals surface area (Å²) in [5.41, 5.74) is 5.93. The molecule has 0 aliphatic heterocycles. The minimum absolute atomic E-state index is 0.120. The Morgan fingerprint density at radius 2 is 2.25 bits per heavy atom. The van der Waals surface area contributed by atoms with Crippen molar-refractivity contribution in [3.8, 4) is 0 Å². The predicted molar refractivity (Wildman–Crippen MR) is 70.7 cm³/mol. The molecule has 0 saturated carbocycles. The van der Waals surface area contributed by atoms with Gasteiger partial charge in [-0.15, -0.1) is 0 Å². The van der Waals surface area contributed by atoms with E-state index in [0.717, 1.165) is 29.5 Å². The summed E-state index contributed by atoms with van der Waals surface area (Å²) in [6, 6.07) is -0.120. The van der Waals surface area contributed by atoms with Crippen molar-refractivity contribution in [1.29, 1.82) is 0 Å². The fourth-order valence-electron chi connectivity index (χ4n) is 1.15. The largest absolute Gasteiger partial charge is 0.338 e. The van der Waals surface area contributed by atoms with Crippen LogP contribution >= 0.6 is 23.5 Å². The van der Waals surface area contributed by atoms with Gasteiger partial charge in [0, 0.05) is 0 Å². The van der Waals surface area contributed by atoms with Gasteiger partial charge >= 0.3 is 0 Å². The van der Waals surface area contributed by atoms with E-state index in [-0.39, 0.29) is 6.04 Å². The standard InChI is InChI=1S/C10H19N3OS2/c1-3-5-16-7-9-12-10(14-13-9)8(11)4-6-15-2/h8H,3-7,11H2,1-2H3/t8-/m1/s1. The minimum atomic E-state index is -0.120. The monoisotopic (exact) mass is 261 g/mol. The molecule has 1 rings (SSSR count). The van der Waals surface area contributed by atoms with E-state index in [9.17, 15) is 0 Å². The second-order valence-corrected chi connectivity index (χ2v) is 5.58. The highest BCUT2D eigenvalue weighted by Crippen LogP contribution is 2.16. The van der Waals surface area contributed by atoms with Crippen LogP contribution in [0.4, 0.5) is 0 Å². The zero-order chi connectivity index (χ0) is 11.8. The van der Waals surface area contributed by atoms with Gasteiger partial charge in [0.1, 0.15) is 0 Å². The Labute approximate surface area is 105 Å². The summed E-state index contributed by atoms with van der Waals surface area (Å²) >= 11 is 3.59. The van der Waals surface area contributed by atoms with Crippen LogP contribution in [0.3, 0.4) is 0 Å². The van der Waals surface area contributed by atoms with Crippen molar-refractivity contribution < 1.29 is 4.52 Å². The van der Waals surface area contributed by atoms with Crippen LogP contribution in [0, 0.1) is 0 Å². The van der Waals surface area contributed by atoms with Gasteiger partial charge in [0.2, 0.25) is 5.89 Å². The van der Waals surface area contributed by atoms with Gasteiger partial charge in [0.05, 0.1) is 11.8 Å². The second-order valence-electron chi connectivity index (χ2n) is 3.49. The number of aromatic nitrogens is 2. The van der Waals surface area contributed by atoms with Gasteiger partial charge in [-0.1, -0.05) is 12.1 Å². The molecule has 16 heavy (non-hydrogen) atoms. The summed E-state index contributed by atoms with van der Waals surface area (Å²) in [5.74, 6) is 4.28. The lowest BCUT2D eigenvalue weighted by atomic mass is 10.2. The molecule has 6 heteroatoms. The van der Waals surface area contributed by atoms with Crippen LogP contribution in [0.15, 0.2) is 4.52 Å². The maximum absolute atomic E-state index is 5.93. The number of hydrogen-bond donors (Lipinski definition) is 1. The molecule has 1 aromatic heterocycles. The van der Waals surface area contributed by atoms with E-state index >= 15 is 0 Å². The van der Waals surface area contributed by atoms with Crippen LogP contribution in [0.2, 0.25) is 0 Å². The molecule has 0 aliphatic carbocycles. The molecule has 4 nitrogen and oxygen atoms in total. The quantitative estimate of drug-likeness (QED) is 0.725. The Balaban J connectivity index is 2.37. The molecule has 1 heterocycles. The molecule has 0 amide bonds. The summed E-state index contributed by atoms with van der Waals surface area (Å²) < 4.78 is 5.15. The molecular formula is C10H19N3OS2. The van der Waals surface area contributed by atoms with Crippen molar-refractivity contribution in [3.63, 3.8) is 0 Å². The molecule has 0 saturated heterocycles. The third-order valence-corrected chi connectivity index (χ3v) is 3.82. The maximum atomic E-state index is 5.93. The predicted octanol–water partition coefficient (Wildman–Crippen LogP) is 2.47. The van der Waals surface area contributed by atoms with Crippen molar-refractivity contribution in [1.82, 2.24) is 10.1 Å². The van der Waals surface area contributed by atoms with Crippen LogP contribution < -0.4 is 5.73 Å². The zero-order valence-corrected chi connectivity index (χ0v) is 11.4. The lowest BCUT2D eigenvalue weighted by Crippen LogP contribution is -2.11. The van der Waals surface area contributed by atoms with Crippen LogP contribution in [-0.2, 0) is 5.75 Å². The third-order valence-electron chi connectivity index (χ3n) is 2.01. The van der Waals surface area contributed by atoms with Gasteiger partial charge in [0.15, 0.2) is 5.82 Å². The van der Waals surface area contributed by atoms with Crippen molar-refractivity contribution in [2.45, 2.75) is 31.6 Å². The van der Waals surface area contributed by atoms with E-state index in [1.807, 2.05) is 11.8 Å². The lowest BCUT2D eigenvalue weighted by molar-refractivity contribution is 0.350. The summed E-state index contributed by atoms with van der Waals surface area (Å²) in [4.78, 5) is 4.30. The van der Waals surface area contributed by atoms with Crippen molar-refractivity contribution in [2.75, 3.05) is 17.8 Å². The fourth-order valence-corrected chi connectivity index (χ4v) is 2.38. The number of hydrogen-bond acceptors (Lipinski definition) is 6. The third kappa shape index (κ3) is 4.76. The van der Waals surface area contributed by atoms with E-state index in [0.29, 0.717) is 5.89 Å². The normalized spacial score (nSPS) is 12.9. The molecule has 92 valence electrons. The van der Waals surface area contributed by atoms with Gasteiger partial charge in [-0.25, -0.2) is 0 Å². The second kappa shape index (κ2) is 7.97. The van der Waals surface area contributed by atoms with E-state index in [2.05, 4.69) is 23.3 Å². The van der Waals surface area contributed by atoms with E-state index in [4.69, 9.17) is 10.3 Å². The van der Waals surface area contributed by atoms with E-state index in [1.165, 1.54) is 6.42 Å². The van der Waals surface area contributed by atoms with Crippen molar-refractivity contribution in [2.24, 2.45) is 5.73 Å². The molecule has 2 N–H and O–H groups in total. The first-order valence-corrected chi connectivity index (χ1v) is 7.97. The van der Waals surface area contributed by atoms with E-state index in [1.54, 1.807) is 11.8 Å². The van der Waals surface area contributed by atoms with Crippen molar-refractivity contribution >= 4 is 23.5 Å². The van der Waals surface area contributed by atoms with Crippen molar-refractivity contribution in [3.05, 3.63) is 11.7 Å². The highest BCUT2D eigenvalue weighted by atomic mass is 32.2. The molecule has 1 aromatic rings. The molecule has 0 spiro atoms. The number of rotatable bonds is 8. The fraction of sp³-hybridized carbons (Fsp3) is 0.800. The first-order valence-electron chi connectivity index (χ1n) is 5.42. The highest BCUT2D eigenvalue weighted by molar-refractivity contribution is 7.98. The molecule has 0 fully saturated rings. The minimum Gasteiger partial charge on any atom is -0.338 e. The van der Waals surface area contributed by atoms with Gasteiger partial charge in [-0.2, -0.15) is 28.5 Å². The molecule has 0 aliphatic rings. The molecule has 1 atom stereocenters. The lowest BCUT2D eigenvalue weighted by Gasteiger charge is -2.03. The molecule has 0 unspecified atom stereocenters. The Morgan fingerprint density at radius 1 is 1.44 bits per heavy atom. The van der Waals surface area contributed by atoms with Gasteiger partial charge in [-0.3, -0.25) is 0 Å². The van der Waals surface area contributed by atoms with Crippen LogP contribution in [0.1, 0.15) is 37.5 Å². The van der Waals surface area contributed by atoms with Gasteiger partial charge in [-0.05, 0) is 30.6 Å². The average molecular weight is 261 g/mol. The smallest absolute Gasteiger partial charge is 0.243 e. The summed E-state index contributed by atoms with van der Waals surface area (Å²) in [7, 11) is 0. The molecule has 0 aromatic carbocycles. The molecule has 0 bridgehead atoms.